The zero-order chi connectivity index (χ0) is 6.41. The molecule has 1 unspecified atom stereocenters. The predicted octanol–water partition coefficient (Wildman–Crippen LogP) is 1.46. The fourth-order valence-corrected chi connectivity index (χ4v) is 0.372. The zero-order valence-electron chi connectivity index (χ0n) is 5.72. The maximum Gasteiger partial charge on any atom is 0.169 e. The highest BCUT2D eigenvalue weighted by molar-refractivity contribution is 5.48. The normalized spacial score (nSPS) is 23.6. The Kier molecular flexibility index (Phi) is 4.32. The molecule has 0 saturated heterocycles. The Morgan fingerprint density at radius 3 is 2.38 bits per heavy atom. The van der Waals surface area contributed by atoms with Crippen LogP contribution in [0.4, 0.5) is 0 Å². The number of hydrogen-bond donors (Lipinski definition) is 0. The molecule has 2 nitrogen and oxygen atoms in total. The van der Waals surface area contributed by atoms with Crippen molar-refractivity contribution < 1.29 is 4.74 Å². The molecule has 1 heterocycles. The van der Waals surface area contributed by atoms with E-state index in [1.54, 1.807) is 0 Å². The summed E-state index contributed by atoms with van der Waals surface area (Å²) < 4.78 is 4.77. The molecule has 1 aliphatic rings. The lowest BCUT2D eigenvalue weighted by molar-refractivity contribution is 0.335. The summed E-state index contributed by atoms with van der Waals surface area (Å²) in [5.74, 6) is 0. The average molecular weight is 115 g/mol. The minimum Gasteiger partial charge on any atom is -0.481 e. The van der Waals surface area contributed by atoms with E-state index >= 15 is 0 Å². The van der Waals surface area contributed by atoms with Gasteiger partial charge in [0.1, 0.15) is 6.61 Å². The third-order valence-electron chi connectivity index (χ3n) is 0.727. The Hall–Kier alpha value is -0.530. The molecule has 2 heteroatoms. The topological polar surface area (TPSA) is 21.6 Å². The van der Waals surface area contributed by atoms with Crippen LogP contribution in [-0.2, 0) is 4.74 Å². The van der Waals surface area contributed by atoms with Gasteiger partial charge in [-0.2, -0.15) is 0 Å². The van der Waals surface area contributed by atoms with Crippen LogP contribution in [0.3, 0.4) is 0 Å². The second-order valence-electron chi connectivity index (χ2n) is 1.44. The van der Waals surface area contributed by atoms with E-state index < -0.39 is 0 Å². The Balaban J connectivity index is 0.000000222. The van der Waals surface area contributed by atoms with Crippen LogP contribution < -0.4 is 0 Å². The highest BCUT2D eigenvalue weighted by Crippen LogP contribution is 1.94. The molecular formula is C6H13NO. The van der Waals surface area contributed by atoms with Gasteiger partial charge in [-0.3, -0.25) is 4.99 Å². The Labute approximate surface area is 50.6 Å². The lowest BCUT2D eigenvalue weighted by Gasteiger charge is -1.88. The van der Waals surface area contributed by atoms with Crippen LogP contribution >= 0.6 is 0 Å². The summed E-state index contributed by atoms with van der Waals surface area (Å²) in [5, 5.41) is 0. The molecule has 0 bridgehead atoms. The van der Waals surface area contributed by atoms with Crippen LogP contribution in [0.15, 0.2) is 4.99 Å². The number of nitrogens with zero attached hydrogens (tertiary/aromatic N) is 1. The van der Waals surface area contributed by atoms with Crippen LogP contribution in [0.5, 0.6) is 0 Å². The highest BCUT2D eigenvalue weighted by atomic mass is 16.5. The van der Waals surface area contributed by atoms with Gasteiger partial charge in [0.15, 0.2) is 6.40 Å². The average Bonchev–Trinajstić information content (AvgIpc) is 2.24. The Bertz CT molecular complexity index is 70.9. The van der Waals surface area contributed by atoms with Gasteiger partial charge in [-0.05, 0) is 6.92 Å². The first-order valence-corrected chi connectivity index (χ1v) is 3.03. The molecule has 0 spiro atoms. The molecule has 0 aromatic carbocycles. The molecule has 0 aromatic rings. The van der Waals surface area contributed by atoms with Crippen LogP contribution in [0.2, 0.25) is 0 Å². The maximum atomic E-state index is 4.77. The molecule has 1 rings (SSSR count). The zero-order valence-corrected chi connectivity index (χ0v) is 5.72. The van der Waals surface area contributed by atoms with Gasteiger partial charge < -0.3 is 4.74 Å². The van der Waals surface area contributed by atoms with Gasteiger partial charge in [-0.15, -0.1) is 0 Å². The van der Waals surface area contributed by atoms with E-state index in [0.717, 1.165) is 6.61 Å². The fraction of sp³-hybridized carbons (Fsp3) is 0.833. The number of ether oxygens (including phenoxy) is 1. The van der Waals surface area contributed by atoms with E-state index in [0.29, 0.717) is 6.04 Å². The summed E-state index contributed by atoms with van der Waals surface area (Å²) in [6, 6.07) is 0.394. The second kappa shape index (κ2) is 4.62. The molecule has 0 amide bonds. The van der Waals surface area contributed by atoms with Crippen LogP contribution in [-0.4, -0.2) is 19.0 Å². The lowest BCUT2D eigenvalue weighted by atomic mass is 10.4. The third-order valence-corrected chi connectivity index (χ3v) is 0.727. The highest BCUT2D eigenvalue weighted by Gasteiger charge is 2.00. The molecule has 0 aromatic heterocycles. The summed E-state index contributed by atoms with van der Waals surface area (Å²) in [7, 11) is 0. The predicted molar refractivity (Wildman–Crippen MR) is 35.3 cm³/mol. The molecular weight excluding hydrogens is 102 g/mol. The smallest absolute Gasteiger partial charge is 0.169 e. The molecule has 8 heavy (non-hydrogen) atoms. The van der Waals surface area contributed by atoms with Crippen molar-refractivity contribution in [3.63, 3.8) is 0 Å². The molecule has 0 aliphatic carbocycles. The number of rotatable bonds is 0. The van der Waals surface area contributed by atoms with E-state index in [9.17, 15) is 0 Å². The number of hydrogen-bond acceptors (Lipinski definition) is 2. The SMILES string of the molecule is CC.CC1COC=N1. The minimum absolute atomic E-state index is 0.394. The molecule has 0 saturated carbocycles. The van der Waals surface area contributed by atoms with E-state index in [4.69, 9.17) is 4.74 Å². The third kappa shape index (κ3) is 2.61. The maximum absolute atomic E-state index is 4.77. The van der Waals surface area contributed by atoms with Crippen molar-refractivity contribution in [2.45, 2.75) is 26.8 Å². The van der Waals surface area contributed by atoms with E-state index in [1.165, 1.54) is 6.40 Å². The van der Waals surface area contributed by atoms with Crippen molar-refractivity contribution in [2.24, 2.45) is 4.99 Å². The lowest BCUT2D eigenvalue weighted by Crippen LogP contribution is -1.97. The Morgan fingerprint density at radius 1 is 1.62 bits per heavy atom. The molecule has 1 aliphatic heterocycles. The van der Waals surface area contributed by atoms with Gasteiger partial charge in [0, 0.05) is 0 Å². The van der Waals surface area contributed by atoms with Crippen molar-refractivity contribution in [1.29, 1.82) is 0 Å². The van der Waals surface area contributed by atoms with Gasteiger partial charge in [0.2, 0.25) is 0 Å². The first-order valence-electron chi connectivity index (χ1n) is 3.03. The van der Waals surface area contributed by atoms with Crippen molar-refractivity contribution in [3.8, 4) is 0 Å². The minimum atomic E-state index is 0.394. The van der Waals surface area contributed by atoms with E-state index in [-0.39, 0.29) is 0 Å². The van der Waals surface area contributed by atoms with Crippen molar-refractivity contribution in [2.75, 3.05) is 6.61 Å². The summed E-state index contributed by atoms with van der Waals surface area (Å²) in [5.41, 5.74) is 0. The van der Waals surface area contributed by atoms with E-state index in [1.807, 2.05) is 20.8 Å². The largest absolute Gasteiger partial charge is 0.481 e. The monoisotopic (exact) mass is 115 g/mol. The molecule has 0 N–H and O–H groups in total. The van der Waals surface area contributed by atoms with Crippen molar-refractivity contribution >= 4 is 6.40 Å². The van der Waals surface area contributed by atoms with Crippen molar-refractivity contribution in [1.82, 2.24) is 0 Å². The number of aliphatic imine (C=N–C) groups is 1. The van der Waals surface area contributed by atoms with Crippen molar-refractivity contribution in [3.05, 3.63) is 0 Å². The molecule has 1 atom stereocenters. The first-order chi connectivity index (χ1) is 3.89. The first kappa shape index (κ1) is 7.47. The summed E-state index contributed by atoms with van der Waals surface area (Å²) in [4.78, 5) is 3.89. The van der Waals surface area contributed by atoms with Gasteiger partial charge in [-0.25, -0.2) is 0 Å². The van der Waals surface area contributed by atoms with Crippen LogP contribution in [0, 0.1) is 0 Å². The van der Waals surface area contributed by atoms with E-state index in [2.05, 4.69) is 4.99 Å². The van der Waals surface area contributed by atoms with Crippen LogP contribution in [0.1, 0.15) is 20.8 Å². The summed E-state index contributed by atoms with van der Waals surface area (Å²) in [6.07, 6.45) is 1.50. The summed E-state index contributed by atoms with van der Waals surface area (Å²) in [6.45, 7) is 6.78. The Morgan fingerprint density at radius 2 is 2.25 bits per heavy atom. The van der Waals surface area contributed by atoms with Crippen LogP contribution in [0.25, 0.3) is 0 Å². The van der Waals surface area contributed by atoms with Gasteiger partial charge in [0.05, 0.1) is 6.04 Å². The standard InChI is InChI=1S/C4H7NO.C2H6/c1-4-2-6-3-5-4;1-2/h3-4H,2H2,1H3;1-2H3. The molecule has 48 valence electrons. The molecule has 0 radical (unpaired) electrons. The van der Waals surface area contributed by atoms with Gasteiger partial charge in [-0.1, -0.05) is 13.8 Å². The second-order valence-corrected chi connectivity index (χ2v) is 1.44. The summed E-state index contributed by atoms with van der Waals surface area (Å²) >= 11 is 0. The van der Waals surface area contributed by atoms with Gasteiger partial charge in [0.25, 0.3) is 0 Å². The quantitative estimate of drug-likeness (QED) is 0.468. The fourth-order valence-electron chi connectivity index (χ4n) is 0.372. The van der Waals surface area contributed by atoms with Gasteiger partial charge >= 0.3 is 0 Å². The molecule has 0 fully saturated rings.